The first-order chi connectivity index (χ1) is 9.78. The van der Waals surface area contributed by atoms with Crippen LogP contribution < -0.4 is 0 Å². The van der Waals surface area contributed by atoms with Crippen LogP contribution in [0.4, 0.5) is 3.89 Å². The minimum Gasteiger partial charge on any atom is -0.335 e. The van der Waals surface area contributed by atoms with Gasteiger partial charge in [0.15, 0.2) is 0 Å². The molecule has 116 valence electrons. The SMILES string of the molecule is CC(C)C(c1ccncc1)N1CC(CS(=O)(=O)F)CC1=O. The molecule has 5 nitrogen and oxygen atoms in total. The van der Waals surface area contributed by atoms with E-state index < -0.39 is 21.9 Å². The van der Waals surface area contributed by atoms with Gasteiger partial charge in [0.1, 0.15) is 0 Å². The van der Waals surface area contributed by atoms with Crippen LogP contribution in [0.2, 0.25) is 0 Å². The molecule has 0 aliphatic carbocycles. The van der Waals surface area contributed by atoms with Gasteiger partial charge in [-0.05, 0) is 23.6 Å². The Morgan fingerprint density at radius 1 is 1.38 bits per heavy atom. The van der Waals surface area contributed by atoms with Crippen molar-refractivity contribution in [3.63, 3.8) is 0 Å². The number of likely N-dealkylation sites (tertiary alicyclic amines) is 1. The number of amides is 1. The van der Waals surface area contributed by atoms with E-state index in [-0.39, 0.29) is 30.8 Å². The molecule has 2 unspecified atom stereocenters. The predicted molar refractivity (Wildman–Crippen MR) is 76.5 cm³/mol. The molecule has 0 spiro atoms. The van der Waals surface area contributed by atoms with E-state index in [1.54, 1.807) is 17.3 Å². The normalized spacial score (nSPS) is 21.0. The van der Waals surface area contributed by atoms with Crippen molar-refractivity contribution in [3.8, 4) is 0 Å². The largest absolute Gasteiger partial charge is 0.335 e. The van der Waals surface area contributed by atoms with Gasteiger partial charge in [0.25, 0.3) is 0 Å². The molecule has 1 fully saturated rings. The first kappa shape index (κ1) is 15.9. The number of carbonyl (C=O) groups is 1. The van der Waals surface area contributed by atoms with Gasteiger partial charge in [-0.3, -0.25) is 9.78 Å². The molecule has 0 saturated carbocycles. The van der Waals surface area contributed by atoms with Crippen LogP contribution in [0, 0.1) is 11.8 Å². The molecule has 1 aliphatic heterocycles. The first-order valence-corrected chi connectivity index (χ1v) is 8.45. The van der Waals surface area contributed by atoms with Crippen LogP contribution >= 0.6 is 0 Å². The van der Waals surface area contributed by atoms with E-state index in [1.165, 1.54) is 0 Å². The number of nitrogens with zero attached hydrogens (tertiary/aromatic N) is 2. The van der Waals surface area contributed by atoms with E-state index in [9.17, 15) is 17.1 Å². The van der Waals surface area contributed by atoms with Crippen molar-refractivity contribution in [2.24, 2.45) is 11.8 Å². The monoisotopic (exact) mass is 314 g/mol. The van der Waals surface area contributed by atoms with Crippen molar-refractivity contribution < 1.29 is 17.1 Å². The minimum absolute atomic E-state index is 0.0808. The van der Waals surface area contributed by atoms with Gasteiger partial charge in [0.05, 0.1) is 11.8 Å². The maximum atomic E-state index is 12.8. The second kappa shape index (κ2) is 6.09. The summed E-state index contributed by atoms with van der Waals surface area (Å²) in [5, 5.41) is 0. The molecule has 7 heteroatoms. The zero-order valence-electron chi connectivity index (χ0n) is 12.1. The smallest absolute Gasteiger partial charge is 0.302 e. The van der Waals surface area contributed by atoms with Crippen LogP contribution in [0.1, 0.15) is 31.9 Å². The first-order valence-electron chi connectivity index (χ1n) is 6.89. The van der Waals surface area contributed by atoms with E-state index in [0.717, 1.165) is 5.56 Å². The standard InChI is InChI=1S/C14H19FN2O3S/c1-10(2)14(12-3-5-16-6-4-12)17-8-11(7-13(17)18)9-21(15,19)20/h3-6,10-11,14H,7-9H2,1-2H3. The highest BCUT2D eigenvalue weighted by molar-refractivity contribution is 7.86. The van der Waals surface area contributed by atoms with Crippen molar-refractivity contribution in [2.45, 2.75) is 26.3 Å². The molecule has 0 radical (unpaired) electrons. The van der Waals surface area contributed by atoms with Crippen LogP contribution in [-0.4, -0.2) is 36.5 Å². The number of carbonyl (C=O) groups excluding carboxylic acids is 1. The fourth-order valence-corrected chi connectivity index (χ4v) is 3.74. The molecule has 1 aromatic heterocycles. The van der Waals surface area contributed by atoms with Crippen LogP contribution in [0.5, 0.6) is 0 Å². The zero-order valence-corrected chi connectivity index (χ0v) is 12.9. The Bertz CT molecular complexity index is 604. The molecular formula is C14H19FN2O3S. The van der Waals surface area contributed by atoms with E-state index in [2.05, 4.69) is 4.98 Å². The fourth-order valence-electron chi connectivity index (χ4n) is 2.96. The molecule has 1 amide bonds. The maximum Gasteiger partial charge on any atom is 0.302 e. The number of aromatic nitrogens is 1. The van der Waals surface area contributed by atoms with Crippen molar-refractivity contribution in [3.05, 3.63) is 30.1 Å². The summed E-state index contributed by atoms with van der Waals surface area (Å²) in [6.45, 7) is 4.27. The number of halogens is 1. The van der Waals surface area contributed by atoms with Gasteiger partial charge < -0.3 is 4.90 Å². The lowest BCUT2D eigenvalue weighted by Gasteiger charge is -2.31. The Hall–Kier alpha value is -1.50. The third kappa shape index (κ3) is 4.00. The van der Waals surface area contributed by atoms with Crippen LogP contribution in [0.15, 0.2) is 24.5 Å². The summed E-state index contributed by atoms with van der Waals surface area (Å²) in [6.07, 6.45) is 3.40. The lowest BCUT2D eigenvalue weighted by Crippen LogP contribution is -2.33. The van der Waals surface area contributed by atoms with E-state index in [0.29, 0.717) is 0 Å². The quantitative estimate of drug-likeness (QED) is 0.779. The Morgan fingerprint density at radius 2 is 2.00 bits per heavy atom. The molecule has 2 heterocycles. The lowest BCUT2D eigenvalue weighted by molar-refractivity contribution is -0.130. The Morgan fingerprint density at radius 3 is 2.52 bits per heavy atom. The minimum atomic E-state index is -4.55. The number of pyridine rings is 1. The Kier molecular flexibility index (Phi) is 4.61. The van der Waals surface area contributed by atoms with Crippen molar-refractivity contribution in [1.29, 1.82) is 0 Å². The summed E-state index contributed by atoms with van der Waals surface area (Å²) in [4.78, 5) is 17.8. The van der Waals surface area contributed by atoms with E-state index >= 15 is 0 Å². The maximum absolute atomic E-state index is 12.8. The Balaban J connectivity index is 2.20. The number of hydrogen-bond donors (Lipinski definition) is 0. The van der Waals surface area contributed by atoms with Gasteiger partial charge in [0.2, 0.25) is 5.91 Å². The van der Waals surface area contributed by atoms with Gasteiger partial charge in [-0.15, -0.1) is 3.89 Å². The van der Waals surface area contributed by atoms with Crippen molar-refractivity contribution >= 4 is 16.1 Å². The van der Waals surface area contributed by atoms with Gasteiger partial charge in [-0.25, -0.2) is 0 Å². The zero-order chi connectivity index (χ0) is 15.6. The fraction of sp³-hybridized carbons (Fsp3) is 0.571. The summed E-state index contributed by atoms with van der Waals surface area (Å²) in [7, 11) is -4.55. The third-order valence-corrected chi connectivity index (χ3v) is 4.56. The molecule has 1 aliphatic rings. The number of rotatable bonds is 5. The topological polar surface area (TPSA) is 67.3 Å². The second-order valence-electron chi connectivity index (χ2n) is 5.79. The highest BCUT2D eigenvalue weighted by atomic mass is 32.3. The van der Waals surface area contributed by atoms with Gasteiger partial charge in [-0.1, -0.05) is 13.8 Å². The van der Waals surface area contributed by atoms with E-state index in [4.69, 9.17) is 0 Å². The molecular weight excluding hydrogens is 295 g/mol. The van der Waals surface area contributed by atoms with Crippen molar-refractivity contribution in [2.75, 3.05) is 12.3 Å². The molecule has 0 N–H and O–H groups in total. The van der Waals surface area contributed by atoms with Gasteiger partial charge in [0, 0.05) is 31.3 Å². The number of hydrogen-bond acceptors (Lipinski definition) is 4. The molecule has 1 aromatic rings. The molecule has 2 atom stereocenters. The summed E-state index contributed by atoms with van der Waals surface area (Å²) in [5.74, 6) is -1.03. The average Bonchev–Trinajstić information content (AvgIpc) is 2.69. The summed E-state index contributed by atoms with van der Waals surface area (Å²) in [6, 6.07) is 3.54. The van der Waals surface area contributed by atoms with Gasteiger partial charge in [-0.2, -0.15) is 8.42 Å². The molecule has 1 saturated heterocycles. The predicted octanol–water partition coefficient (Wildman–Crippen LogP) is 1.93. The molecule has 2 rings (SSSR count). The summed E-state index contributed by atoms with van der Waals surface area (Å²) in [5.41, 5.74) is 0.956. The Labute approximate surface area is 124 Å². The highest BCUT2D eigenvalue weighted by Gasteiger charge is 2.38. The van der Waals surface area contributed by atoms with E-state index in [1.807, 2.05) is 26.0 Å². The highest BCUT2D eigenvalue weighted by Crippen LogP contribution is 2.34. The summed E-state index contributed by atoms with van der Waals surface area (Å²) >= 11 is 0. The van der Waals surface area contributed by atoms with Crippen LogP contribution in [0.3, 0.4) is 0 Å². The van der Waals surface area contributed by atoms with Crippen LogP contribution in [0.25, 0.3) is 0 Å². The molecule has 21 heavy (non-hydrogen) atoms. The van der Waals surface area contributed by atoms with Gasteiger partial charge >= 0.3 is 10.2 Å². The second-order valence-corrected chi connectivity index (χ2v) is 7.20. The van der Waals surface area contributed by atoms with Crippen LogP contribution in [-0.2, 0) is 15.0 Å². The molecule has 0 aromatic carbocycles. The lowest BCUT2D eigenvalue weighted by atomic mass is 9.95. The van der Waals surface area contributed by atoms with Crippen molar-refractivity contribution in [1.82, 2.24) is 9.88 Å². The average molecular weight is 314 g/mol. The molecule has 0 bridgehead atoms. The summed E-state index contributed by atoms with van der Waals surface area (Å²) < 4.78 is 34.4. The third-order valence-electron chi connectivity index (χ3n) is 3.69.